The molecule has 21 heavy (non-hydrogen) atoms. The van der Waals surface area contributed by atoms with Gasteiger partial charge in [0.05, 0.1) is 19.5 Å². The van der Waals surface area contributed by atoms with Gasteiger partial charge in [-0.15, -0.1) is 0 Å². The van der Waals surface area contributed by atoms with Crippen LogP contribution in [0.3, 0.4) is 0 Å². The lowest BCUT2D eigenvalue weighted by atomic mass is 10.3. The summed E-state index contributed by atoms with van der Waals surface area (Å²) in [6.45, 7) is 1.08. The fourth-order valence-corrected chi connectivity index (χ4v) is 1.91. The van der Waals surface area contributed by atoms with E-state index in [9.17, 15) is 9.59 Å². The number of aromatic nitrogens is 4. The summed E-state index contributed by atoms with van der Waals surface area (Å²) in [6.07, 6.45) is 3.94. The van der Waals surface area contributed by atoms with Crippen LogP contribution in [0.4, 0.5) is 11.5 Å². The number of nitrogens with two attached hydrogens (primary N) is 1. The molecule has 0 spiro atoms. The quantitative estimate of drug-likeness (QED) is 0.526. The molecule has 0 bridgehead atoms. The monoisotopic (exact) mass is 294 g/mol. The Morgan fingerprint density at radius 2 is 2.29 bits per heavy atom. The number of methoxy groups -OCH3 is 1. The summed E-state index contributed by atoms with van der Waals surface area (Å²) >= 11 is 0. The van der Waals surface area contributed by atoms with Crippen LogP contribution < -0.4 is 22.3 Å². The molecule has 0 amide bonds. The highest BCUT2D eigenvalue weighted by atomic mass is 16.5. The van der Waals surface area contributed by atoms with Crippen molar-refractivity contribution in [1.82, 2.24) is 19.5 Å². The first-order chi connectivity index (χ1) is 10.1. The second kappa shape index (κ2) is 6.75. The Morgan fingerprint density at radius 3 is 2.95 bits per heavy atom. The van der Waals surface area contributed by atoms with Crippen molar-refractivity contribution in [1.29, 1.82) is 0 Å². The number of imidazole rings is 1. The molecule has 0 aliphatic rings. The fraction of sp³-hybridized carbons (Fsp3) is 0.417. The van der Waals surface area contributed by atoms with E-state index in [2.05, 4.69) is 20.3 Å². The Bertz CT molecular complexity index is 688. The minimum atomic E-state index is -0.548. The maximum Gasteiger partial charge on any atom is 0.330 e. The number of anilines is 2. The Hall–Kier alpha value is -2.55. The Labute approximate surface area is 120 Å². The van der Waals surface area contributed by atoms with E-state index in [1.165, 1.54) is 11.7 Å². The molecule has 0 atom stereocenters. The molecule has 2 aromatic rings. The third-order valence-corrected chi connectivity index (χ3v) is 3.01. The number of ether oxygens (including phenoxy) is 1. The van der Waals surface area contributed by atoms with Crippen LogP contribution in [-0.2, 0) is 17.7 Å². The first-order valence-electron chi connectivity index (χ1n) is 6.46. The zero-order valence-electron chi connectivity index (χ0n) is 11.7. The van der Waals surface area contributed by atoms with Gasteiger partial charge in [-0.25, -0.2) is 9.78 Å². The normalized spacial score (nSPS) is 10.7. The maximum atomic E-state index is 11.8. The van der Waals surface area contributed by atoms with Crippen molar-refractivity contribution < 1.29 is 4.74 Å². The first-order valence-corrected chi connectivity index (χ1v) is 6.46. The topological polar surface area (TPSA) is 131 Å². The standard InChI is InChI=1S/C12H18N6O3/c1-21-5-4-18-10(13)9(11(19)17-12(18)20)15-3-2-8-6-14-7-16-8/h6-7,15H,2-5,13H2,1H3,(H,14,16)(H,17,19,20). The zero-order chi connectivity index (χ0) is 15.2. The predicted molar refractivity (Wildman–Crippen MR) is 78.4 cm³/mol. The SMILES string of the molecule is COCCn1c(N)c(NCCc2cnc[nH]2)c(=O)[nH]c1=O. The summed E-state index contributed by atoms with van der Waals surface area (Å²) < 4.78 is 6.18. The van der Waals surface area contributed by atoms with E-state index in [4.69, 9.17) is 10.5 Å². The molecule has 114 valence electrons. The number of aromatic amines is 2. The Morgan fingerprint density at radius 1 is 1.48 bits per heavy atom. The minimum Gasteiger partial charge on any atom is -0.383 e. The summed E-state index contributed by atoms with van der Waals surface area (Å²) in [5.41, 5.74) is 5.93. The fourth-order valence-electron chi connectivity index (χ4n) is 1.91. The average Bonchev–Trinajstić information content (AvgIpc) is 2.95. The van der Waals surface area contributed by atoms with Gasteiger partial charge in [0.15, 0.2) is 0 Å². The van der Waals surface area contributed by atoms with Gasteiger partial charge in [0.25, 0.3) is 5.56 Å². The van der Waals surface area contributed by atoms with E-state index in [0.29, 0.717) is 19.6 Å². The van der Waals surface area contributed by atoms with Crippen molar-refractivity contribution in [2.24, 2.45) is 0 Å². The largest absolute Gasteiger partial charge is 0.383 e. The molecule has 5 N–H and O–H groups in total. The third kappa shape index (κ3) is 3.51. The summed E-state index contributed by atoms with van der Waals surface area (Å²) in [4.78, 5) is 32.6. The molecule has 0 fully saturated rings. The van der Waals surface area contributed by atoms with Gasteiger partial charge < -0.3 is 20.8 Å². The van der Waals surface area contributed by atoms with Crippen LogP contribution >= 0.6 is 0 Å². The highest BCUT2D eigenvalue weighted by molar-refractivity contribution is 5.60. The average molecular weight is 294 g/mol. The van der Waals surface area contributed by atoms with Crippen LogP contribution in [-0.4, -0.2) is 39.8 Å². The minimum absolute atomic E-state index is 0.102. The molecule has 0 aromatic carbocycles. The molecular formula is C12H18N6O3. The Kier molecular flexibility index (Phi) is 4.77. The Balaban J connectivity index is 2.14. The molecule has 9 heteroatoms. The number of rotatable bonds is 7. The highest BCUT2D eigenvalue weighted by Gasteiger charge is 2.11. The zero-order valence-corrected chi connectivity index (χ0v) is 11.7. The number of nitrogens with one attached hydrogen (secondary N) is 3. The molecule has 2 aromatic heterocycles. The van der Waals surface area contributed by atoms with Crippen molar-refractivity contribution in [3.8, 4) is 0 Å². The van der Waals surface area contributed by atoms with E-state index in [0.717, 1.165) is 5.69 Å². The smallest absolute Gasteiger partial charge is 0.330 e. The van der Waals surface area contributed by atoms with Crippen LogP contribution in [0.1, 0.15) is 5.69 Å². The van der Waals surface area contributed by atoms with Gasteiger partial charge in [0, 0.05) is 32.0 Å². The van der Waals surface area contributed by atoms with E-state index in [-0.39, 0.29) is 18.1 Å². The van der Waals surface area contributed by atoms with Gasteiger partial charge in [-0.3, -0.25) is 14.3 Å². The van der Waals surface area contributed by atoms with Gasteiger partial charge in [-0.2, -0.15) is 0 Å². The molecule has 0 saturated carbocycles. The van der Waals surface area contributed by atoms with Crippen molar-refractivity contribution in [3.05, 3.63) is 39.1 Å². The van der Waals surface area contributed by atoms with E-state index in [1.54, 1.807) is 12.5 Å². The molecular weight excluding hydrogens is 276 g/mol. The molecule has 0 aliphatic carbocycles. The van der Waals surface area contributed by atoms with E-state index in [1.807, 2.05) is 0 Å². The molecule has 9 nitrogen and oxygen atoms in total. The van der Waals surface area contributed by atoms with E-state index >= 15 is 0 Å². The van der Waals surface area contributed by atoms with Crippen LogP contribution in [0.15, 0.2) is 22.1 Å². The van der Waals surface area contributed by atoms with Gasteiger partial charge in [0.1, 0.15) is 11.5 Å². The van der Waals surface area contributed by atoms with Crippen LogP contribution in [0.2, 0.25) is 0 Å². The summed E-state index contributed by atoms with van der Waals surface area (Å²) in [5, 5.41) is 2.95. The molecule has 0 radical (unpaired) electrons. The van der Waals surface area contributed by atoms with Crippen LogP contribution in [0, 0.1) is 0 Å². The second-order valence-corrected chi connectivity index (χ2v) is 4.42. The van der Waals surface area contributed by atoms with Gasteiger partial charge in [-0.05, 0) is 0 Å². The second-order valence-electron chi connectivity index (χ2n) is 4.42. The summed E-state index contributed by atoms with van der Waals surface area (Å²) in [6, 6.07) is 0. The number of H-pyrrole nitrogens is 2. The molecule has 0 saturated heterocycles. The first kappa shape index (κ1) is 14.9. The summed E-state index contributed by atoms with van der Waals surface area (Å²) in [7, 11) is 1.52. The lowest BCUT2D eigenvalue weighted by Gasteiger charge is -2.13. The van der Waals surface area contributed by atoms with Crippen molar-refractivity contribution in [2.45, 2.75) is 13.0 Å². The lowest BCUT2D eigenvalue weighted by Crippen LogP contribution is -2.35. The molecule has 0 unspecified atom stereocenters. The van der Waals surface area contributed by atoms with Crippen molar-refractivity contribution in [3.63, 3.8) is 0 Å². The maximum absolute atomic E-state index is 11.8. The highest BCUT2D eigenvalue weighted by Crippen LogP contribution is 2.09. The lowest BCUT2D eigenvalue weighted by molar-refractivity contribution is 0.186. The summed E-state index contributed by atoms with van der Waals surface area (Å²) in [5.74, 6) is 0.102. The number of nitrogen functional groups attached to an aromatic ring is 1. The van der Waals surface area contributed by atoms with Gasteiger partial charge >= 0.3 is 5.69 Å². The number of hydrogen-bond acceptors (Lipinski definition) is 6. The number of hydrogen-bond donors (Lipinski definition) is 4. The molecule has 2 rings (SSSR count). The van der Waals surface area contributed by atoms with Crippen molar-refractivity contribution in [2.75, 3.05) is 31.3 Å². The predicted octanol–water partition coefficient (Wildman–Crippen LogP) is -0.857. The van der Waals surface area contributed by atoms with E-state index < -0.39 is 11.2 Å². The van der Waals surface area contributed by atoms with Crippen LogP contribution in [0.25, 0.3) is 0 Å². The molecule has 2 heterocycles. The van der Waals surface area contributed by atoms with Crippen LogP contribution in [0.5, 0.6) is 0 Å². The molecule has 0 aliphatic heterocycles. The van der Waals surface area contributed by atoms with Crippen molar-refractivity contribution >= 4 is 11.5 Å². The third-order valence-electron chi connectivity index (χ3n) is 3.01. The number of nitrogens with zero attached hydrogens (tertiary/aromatic N) is 2. The van der Waals surface area contributed by atoms with Gasteiger partial charge in [-0.1, -0.05) is 0 Å². The van der Waals surface area contributed by atoms with Gasteiger partial charge in [0.2, 0.25) is 0 Å².